The van der Waals surface area contributed by atoms with E-state index in [-0.39, 0.29) is 0 Å². The fraction of sp³-hybridized carbons (Fsp3) is 0.318. The number of hydrogen-bond donors (Lipinski definition) is 2. The molecule has 1 aliphatic carbocycles. The summed E-state index contributed by atoms with van der Waals surface area (Å²) in [7, 11) is 0. The molecule has 1 aromatic heterocycles. The molecule has 1 heterocycles. The number of benzene rings is 2. The van der Waals surface area contributed by atoms with E-state index >= 15 is 0 Å². The van der Waals surface area contributed by atoms with Crippen LogP contribution in [0.25, 0.3) is 22.0 Å². The summed E-state index contributed by atoms with van der Waals surface area (Å²) in [6, 6.07) is 14.9. The normalized spacial score (nSPS) is 14.2. The van der Waals surface area contributed by atoms with Crippen molar-refractivity contribution in [2.75, 3.05) is 5.73 Å². The number of thiocarbonyl (C=S) groups is 1. The lowest BCUT2D eigenvalue weighted by Gasteiger charge is -2.13. The summed E-state index contributed by atoms with van der Waals surface area (Å²) in [4.78, 5) is 0.431. The Morgan fingerprint density at radius 2 is 1.81 bits per heavy atom. The third-order valence-corrected chi connectivity index (χ3v) is 5.27. The minimum atomic E-state index is 0.431. The monoisotopic (exact) mass is 365 g/mol. The van der Waals surface area contributed by atoms with Gasteiger partial charge in [-0.15, -0.1) is 0 Å². The first-order valence-electron chi connectivity index (χ1n) is 9.44. The number of aromatic nitrogens is 1. The van der Waals surface area contributed by atoms with Gasteiger partial charge in [0.1, 0.15) is 4.99 Å². The zero-order valence-corrected chi connectivity index (χ0v) is 16.4. The van der Waals surface area contributed by atoms with Crippen molar-refractivity contribution < 1.29 is 0 Å². The van der Waals surface area contributed by atoms with Crippen LogP contribution in [-0.4, -0.2) is 9.56 Å². The van der Waals surface area contributed by atoms with Crippen LogP contribution in [0.1, 0.15) is 51.1 Å². The molecule has 136 valence electrons. The molecule has 0 bridgehead atoms. The summed E-state index contributed by atoms with van der Waals surface area (Å²) in [5.41, 5.74) is 17.2. The van der Waals surface area contributed by atoms with E-state index in [1.807, 2.05) is 32.0 Å². The van der Waals surface area contributed by atoms with E-state index in [2.05, 4.69) is 35.0 Å². The average Bonchev–Trinajstić information content (AvgIpc) is 3.30. The molecule has 0 aliphatic heterocycles. The molecule has 1 saturated carbocycles. The average molecular weight is 366 g/mol. The Kier molecular flexibility index (Phi) is 5.62. The number of nitrogen functional groups attached to an aromatic ring is 1. The molecule has 0 unspecified atom stereocenters. The minimum absolute atomic E-state index is 0.431. The van der Waals surface area contributed by atoms with Gasteiger partial charge >= 0.3 is 0 Å². The highest BCUT2D eigenvalue weighted by Crippen LogP contribution is 2.38. The highest BCUT2D eigenvalue weighted by atomic mass is 32.1. The predicted octanol–water partition coefficient (Wildman–Crippen LogP) is 5.67. The molecule has 4 rings (SSSR count). The molecule has 4 N–H and O–H groups in total. The zero-order chi connectivity index (χ0) is 18.7. The topological polar surface area (TPSA) is 57.0 Å². The van der Waals surface area contributed by atoms with Crippen LogP contribution in [0.15, 0.2) is 48.7 Å². The number of nitrogens with two attached hydrogens (primary N) is 2. The van der Waals surface area contributed by atoms with Crippen LogP contribution in [0.2, 0.25) is 0 Å². The number of rotatable bonds is 3. The van der Waals surface area contributed by atoms with Crippen molar-refractivity contribution in [3.63, 3.8) is 0 Å². The largest absolute Gasteiger partial charge is 0.399 e. The predicted molar refractivity (Wildman–Crippen MR) is 117 cm³/mol. The highest BCUT2D eigenvalue weighted by molar-refractivity contribution is 7.80. The maximum Gasteiger partial charge on any atom is 0.104 e. The molecular formula is C22H27N3S. The van der Waals surface area contributed by atoms with Crippen molar-refractivity contribution in [3.8, 4) is 11.1 Å². The Hall–Kier alpha value is -2.33. The second-order valence-electron chi connectivity index (χ2n) is 6.61. The van der Waals surface area contributed by atoms with Gasteiger partial charge in [-0.1, -0.05) is 63.2 Å². The zero-order valence-electron chi connectivity index (χ0n) is 15.5. The van der Waals surface area contributed by atoms with E-state index in [0.717, 1.165) is 16.8 Å². The van der Waals surface area contributed by atoms with Crippen LogP contribution in [0.3, 0.4) is 0 Å². The fourth-order valence-corrected chi connectivity index (χ4v) is 3.95. The molecule has 3 nitrogen and oxygen atoms in total. The summed E-state index contributed by atoms with van der Waals surface area (Å²) in [5.74, 6) is 0. The summed E-state index contributed by atoms with van der Waals surface area (Å²) in [5, 5.41) is 1.23. The van der Waals surface area contributed by atoms with Crippen molar-refractivity contribution in [2.45, 2.75) is 45.6 Å². The van der Waals surface area contributed by atoms with Gasteiger partial charge in [0.25, 0.3) is 0 Å². The number of fused-ring (bicyclic) bond motifs is 1. The number of anilines is 1. The minimum Gasteiger partial charge on any atom is -0.399 e. The van der Waals surface area contributed by atoms with Gasteiger partial charge in [0.15, 0.2) is 0 Å². The first-order valence-corrected chi connectivity index (χ1v) is 9.84. The second-order valence-corrected chi connectivity index (χ2v) is 7.05. The van der Waals surface area contributed by atoms with E-state index in [4.69, 9.17) is 23.7 Å². The van der Waals surface area contributed by atoms with Crippen LogP contribution in [0.4, 0.5) is 5.69 Å². The number of nitrogens with zero attached hydrogens (tertiary/aromatic N) is 1. The summed E-state index contributed by atoms with van der Waals surface area (Å²) >= 11 is 5.13. The lowest BCUT2D eigenvalue weighted by atomic mass is 10.0. The molecule has 3 aromatic rings. The molecule has 0 amide bonds. The Bertz CT molecular complexity index is 920. The Labute approximate surface area is 161 Å². The first-order chi connectivity index (χ1) is 12.6. The standard InChI is InChI=1S/C20H21N3S.C2H6/c21-15-8-9-17-18(13-4-3-5-14(10-13)20(22)24)12-23(19(17)11-15)16-6-1-2-7-16;1-2/h3-5,8-12,16H,1-2,6-7,21H2,(H2,22,24);1-2H3. The summed E-state index contributed by atoms with van der Waals surface area (Å²) < 4.78 is 2.42. The third kappa shape index (κ3) is 3.47. The van der Waals surface area contributed by atoms with Gasteiger partial charge in [-0.2, -0.15) is 0 Å². The van der Waals surface area contributed by atoms with E-state index < -0.39 is 0 Å². The van der Waals surface area contributed by atoms with Gasteiger partial charge in [0, 0.05) is 34.4 Å². The van der Waals surface area contributed by atoms with Gasteiger partial charge in [0.2, 0.25) is 0 Å². The van der Waals surface area contributed by atoms with E-state index in [0.29, 0.717) is 11.0 Å². The molecule has 0 spiro atoms. The van der Waals surface area contributed by atoms with E-state index in [1.165, 1.54) is 42.1 Å². The van der Waals surface area contributed by atoms with Crippen molar-refractivity contribution in [1.82, 2.24) is 4.57 Å². The molecule has 4 heteroatoms. The summed E-state index contributed by atoms with van der Waals surface area (Å²) in [6.45, 7) is 4.00. The van der Waals surface area contributed by atoms with Crippen LogP contribution in [0.5, 0.6) is 0 Å². The Morgan fingerprint density at radius 3 is 2.50 bits per heavy atom. The lowest BCUT2D eigenvalue weighted by Crippen LogP contribution is -2.08. The first kappa shape index (κ1) is 18.5. The molecule has 0 atom stereocenters. The SMILES string of the molecule is CC.NC(=S)c1cccc(-c2cn(C3CCCC3)c3cc(N)ccc23)c1. The Balaban J connectivity index is 0.000000948. The van der Waals surface area contributed by atoms with Crippen LogP contribution in [-0.2, 0) is 0 Å². The molecule has 1 fully saturated rings. The molecule has 26 heavy (non-hydrogen) atoms. The molecule has 1 aliphatic rings. The van der Waals surface area contributed by atoms with E-state index in [9.17, 15) is 0 Å². The van der Waals surface area contributed by atoms with Crippen molar-refractivity contribution in [1.29, 1.82) is 0 Å². The quantitative estimate of drug-likeness (QED) is 0.465. The van der Waals surface area contributed by atoms with Gasteiger partial charge in [-0.05, 0) is 36.6 Å². The molecule has 2 aromatic carbocycles. The lowest BCUT2D eigenvalue weighted by molar-refractivity contribution is 0.536. The van der Waals surface area contributed by atoms with Crippen LogP contribution < -0.4 is 11.5 Å². The van der Waals surface area contributed by atoms with Crippen molar-refractivity contribution in [3.05, 3.63) is 54.2 Å². The second kappa shape index (κ2) is 7.92. The highest BCUT2D eigenvalue weighted by Gasteiger charge is 2.20. The van der Waals surface area contributed by atoms with Crippen LogP contribution in [0, 0.1) is 0 Å². The third-order valence-electron chi connectivity index (χ3n) is 5.03. The van der Waals surface area contributed by atoms with E-state index in [1.54, 1.807) is 0 Å². The van der Waals surface area contributed by atoms with Crippen LogP contribution >= 0.6 is 12.2 Å². The number of hydrogen-bond acceptors (Lipinski definition) is 2. The van der Waals surface area contributed by atoms with Gasteiger partial charge < -0.3 is 16.0 Å². The smallest absolute Gasteiger partial charge is 0.104 e. The maximum absolute atomic E-state index is 6.06. The summed E-state index contributed by atoms with van der Waals surface area (Å²) in [6.07, 6.45) is 7.37. The maximum atomic E-state index is 6.06. The van der Waals surface area contributed by atoms with Gasteiger partial charge in [-0.3, -0.25) is 0 Å². The Morgan fingerprint density at radius 1 is 1.08 bits per heavy atom. The van der Waals surface area contributed by atoms with Gasteiger partial charge in [-0.25, -0.2) is 0 Å². The molecule has 0 radical (unpaired) electrons. The fourth-order valence-electron chi connectivity index (χ4n) is 3.82. The van der Waals surface area contributed by atoms with Crippen molar-refractivity contribution >= 4 is 33.8 Å². The van der Waals surface area contributed by atoms with Crippen molar-refractivity contribution in [2.24, 2.45) is 5.73 Å². The molecule has 0 saturated heterocycles. The molecular weight excluding hydrogens is 338 g/mol. The van der Waals surface area contributed by atoms with Gasteiger partial charge in [0.05, 0.1) is 5.52 Å².